The van der Waals surface area contributed by atoms with Crippen LogP contribution in [-0.4, -0.2) is 36.4 Å². The molecule has 0 aliphatic rings. The van der Waals surface area contributed by atoms with Crippen molar-refractivity contribution in [1.82, 2.24) is 0 Å². The molecule has 0 heterocycles. The van der Waals surface area contributed by atoms with E-state index in [0.29, 0.717) is 12.8 Å². The largest absolute Gasteiger partial charge is 0.462 e. The molecule has 0 aliphatic carbocycles. The Bertz CT molecular complexity index is 1510. The van der Waals surface area contributed by atoms with Crippen LogP contribution < -0.4 is 0 Å². The average molecular weight is 1080 g/mol. The lowest BCUT2D eigenvalue weighted by Gasteiger charge is -2.15. The normalized spacial score (nSPS) is 12.9. The molecule has 0 bridgehead atoms. The van der Waals surface area contributed by atoms with Gasteiger partial charge in [0.2, 0.25) is 0 Å². The van der Waals surface area contributed by atoms with Crippen molar-refractivity contribution in [3.8, 4) is 0 Å². The first-order valence-electron chi connectivity index (χ1n) is 33.4. The maximum atomic E-state index is 12.3. The van der Waals surface area contributed by atoms with E-state index >= 15 is 0 Å². The first-order valence-corrected chi connectivity index (χ1v) is 33.4. The van der Waals surface area contributed by atoms with Crippen molar-refractivity contribution < 1.29 is 24.2 Å². The predicted molar refractivity (Wildman–Crippen MR) is 343 cm³/mol. The maximum absolute atomic E-state index is 12.3. The number of aliphatic hydroxyl groups is 1. The molecule has 1 N–H and O–H groups in total. The standard InChI is InChI=1S/C73H126O5/c1-3-5-7-9-11-13-15-17-19-21-23-25-27-29-31-32-33-34-35-36-37-38-39-40-42-43-45-47-49-51-53-55-57-59-61-63-65-67-72(75)77-70-71(69-74)78-73(76)68-66-64-62-60-58-56-54-52-50-48-46-44-41-30-28-26-24-22-20-18-16-14-12-10-8-6-4-2/h6,8,12,14,18,20-21,23-24,26,30,41,46,48,52,54,58,60,71,74H,3-5,7,9-11,13,15-17,19,22,25,27-29,31-40,42-45,47,49-51,53,55-57,59,61-70H2,1-2H3/b8-6-,14-12-,20-18-,23-21-,26-24-,41-30-,48-46-,54-52-,60-58-. The third-order valence-electron chi connectivity index (χ3n) is 14.6. The van der Waals surface area contributed by atoms with Crippen LogP contribution >= 0.6 is 0 Å². The lowest BCUT2D eigenvalue weighted by Crippen LogP contribution is -2.28. The second-order valence-electron chi connectivity index (χ2n) is 22.2. The number of carbonyl (C=O) groups is 2. The van der Waals surface area contributed by atoms with E-state index < -0.39 is 6.10 Å². The zero-order chi connectivity index (χ0) is 56.2. The Kier molecular flexibility index (Phi) is 64.8. The van der Waals surface area contributed by atoms with E-state index in [2.05, 4.69) is 123 Å². The van der Waals surface area contributed by atoms with E-state index in [4.69, 9.17) is 9.47 Å². The van der Waals surface area contributed by atoms with Crippen molar-refractivity contribution in [2.75, 3.05) is 13.2 Å². The Balaban J connectivity index is 3.50. The molecular weight excluding hydrogens is 957 g/mol. The highest BCUT2D eigenvalue weighted by Gasteiger charge is 2.16. The van der Waals surface area contributed by atoms with Crippen molar-refractivity contribution in [3.05, 3.63) is 109 Å². The summed E-state index contributed by atoms with van der Waals surface area (Å²) in [6.45, 7) is 4.02. The van der Waals surface area contributed by atoms with Crippen LogP contribution in [0, 0.1) is 0 Å². The van der Waals surface area contributed by atoms with Gasteiger partial charge < -0.3 is 14.6 Å². The summed E-state index contributed by atoms with van der Waals surface area (Å²) in [6.07, 6.45) is 98.3. The van der Waals surface area contributed by atoms with Crippen LogP contribution in [0.15, 0.2) is 109 Å². The van der Waals surface area contributed by atoms with Crippen molar-refractivity contribution in [3.63, 3.8) is 0 Å². The van der Waals surface area contributed by atoms with Gasteiger partial charge in [0.05, 0.1) is 6.61 Å². The van der Waals surface area contributed by atoms with E-state index in [1.165, 1.54) is 205 Å². The molecule has 5 heteroatoms. The van der Waals surface area contributed by atoms with Gasteiger partial charge in [-0.3, -0.25) is 9.59 Å². The second kappa shape index (κ2) is 67.8. The smallest absolute Gasteiger partial charge is 0.306 e. The molecule has 0 fully saturated rings. The average Bonchev–Trinajstić information content (AvgIpc) is 3.44. The van der Waals surface area contributed by atoms with E-state index in [-0.39, 0.29) is 25.2 Å². The molecule has 0 saturated heterocycles. The molecule has 0 aromatic heterocycles. The molecule has 0 spiro atoms. The molecular formula is C73H126O5. The Morgan fingerprint density at radius 2 is 0.551 bits per heavy atom. The Morgan fingerprint density at radius 3 is 0.872 bits per heavy atom. The molecule has 0 aliphatic heterocycles. The van der Waals surface area contributed by atoms with Crippen molar-refractivity contribution in [2.45, 2.75) is 328 Å². The number of carbonyl (C=O) groups excluding carboxylic acids is 2. The van der Waals surface area contributed by atoms with Gasteiger partial charge in [-0.05, 0) is 103 Å². The maximum Gasteiger partial charge on any atom is 0.306 e. The van der Waals surface area contributed by atoms with Crippen LogP contribution in [0.5, 0.6) is 0 Å². The van der Waals surface area contributed by atoms with Crippen molar-refractivity contribution in [1.29, 1.82) is 0 Å². The second-order valence-corrected chi connectivity index (χ2v) is 22.2. The Hall–Kier alpha value is -3.44. The van der Waals surface area contributed by atoms with Gasteiger partial charge in [-0.2, -0.15) is 0 Å². The van der Waals surface area contributed by atoms with E-state index in [1.807, 2.05) is 0 Å². The summed E-state index contributed by atoms with van der Waals surface area (Å²) >= 11 is 0. The summed E-state index contributed by atoms with van der Waals surface area (Å²) in [5, 5.41) is 9.68. The zero-order valence-electron chi connectivity index (χ0n) is 51.4. The topological polar surface area (TPSA) is 72.8 Å². The molecule has 0 amide bonds. The molecule has 0 rings (SSSR count). The summed E-state index contributed by atoms with van der Waals surface area (Å²) in [5.74, 6) is -0.637. The fourth-order valence-corrected chi connectivity index (χ4v) is 9.57. The molecule has 1 atom stereocenters. The number of allylic oxidation sites excluding steroid dienone is 18. The van der Waals surface area contributed by atoms with Gasteiger partial charge in [-0.25, -0.2) is 0 Å². The minimum atomic E-state index is -0.803. The van der Waals surface area contributed by atoms with E-state index in [0.717, 1.165) is 89.9 Å². The molecule has 1 unspecified atom stereocenters. The lowest BCUT2D eigenvalue weighted by molar-refractivity contribution is -0.161. The highest BCUT2D eigenvalue weighted by molar-refractivity contribution is 5.70. The summed E-state index contributed by atoms with van der Waals surface area (Å²) < 4.78 is 10.7. The molecule has 0 aromatic rings. The number of rotatable bonds is 61. The molecule has 5 nitrogen and oxygen atoms in total. The number of hydrogen-bond donors (Lipinski definition) is 1. The lowest BCUT2D eigenvalue weighted by atomic mass is 10.0. The molecule has 0 saturated carbocycles. The van der Waals surface area contributed by atoms with E-state index in [9.17, 15) is 14.7 Å². The van der Waals surface area contributed by atoms with Gasteiger partial charge in [0.1, 0.15) is 6.61 Å². The third-order valence-corrected chi connectivity index (χ3v) is 14.6. The van der Waals surface area contributed by atoms with Gasteiger partial charge in [0.15, 0.2) is 6.10 Å². The first-order chi connectivity index (χ1) is 38.6. The fraction of sp³-hybridized carbons (Fsp3) is 0.726. The highest BCUT2D eigenvalue weighted by Crippen LogP contribution is 2.17. The SMILES string of the molecule is CC/C=C\C/C=C\C/C=C\C/C=C\C/C=C\C/C=C\C/C=C\C/C=C\CCCCC(=O)OC(CO)COC(=O)CCCCCCCCCCCCCCCCCCCCCCCCCCC/C=C\CCCCCCCCCC. The third kappa shape index (κ3) is 65.1. The van der Waals surface area contributed by atoms with E-state index in [1.54, 1.807) is 0 Å². The van der Waals surface area contributed by atoms with Crippen LogP contribution in [0.2, 0.25) is 0 Å². The van der Waals surface area contributed by atoms with Gasteiger partial charge >= 0.3 is 11.9 Å². The Morgan fingerprint density at radius 1 is 0.308 bits per heavy atom. The summed E-state index contributed by atoms with van der Waals surface area (Å²) in [4.78, 5) is 24.6. The number of ether oxygens (including phenoxy) is 2. The van der Waals surface area contributed by atoms with Crippen molar-refractivity contribution >= 4 is 11.9 Å². The summed E-state index contributed by atoms with van der Waals surface area (Å²) in [7, 11) is 0. The number of hydrogen-bond acceptors (Lipinski definition) is 5. The molecule has 78 heavy (non-hydrogen) atoms. The van der Waals surface area contributed by atoms with Crippen LogP contribution in [0.4, 0.5) is 0 Å². The van der Waals surface area contributed by atoms with Crippen LogP contribution in [-0.2, 0) is 19.1 Å². The van der Waals surface area contributed by atoms with Crippen LogP contribution in [0.1, 0.15) is 322 Å². The zero-order valence-corrected chi connectivity index (χ0v) is 51.4. The molecule has 448 valence electrons. The summed E-state index contributed by atoms with van der Waals surface area (Å²) in [5.41, 5.74) is 0. The molecule has 0 radical (unpaired) electrons. The Labute approximate surface area is 484 Å². The minimum Gasteiger partial charge on any atom is -0.462 e. The van der Waals surface area contributed by atoms with Crippen LogP contribution in [0.25, 0.3) is 0 Å². The predicted octanol–water partition coefficient (Wildman–Crippen LogP) is 23.2. The fourth-order valence-electron chi connectivity index (χ4n) is 9.57. The van der Waals surface area contributed by atoms with Gasteiger partial charge in [-0.15, -0.1) is 0 Å². The number of esters is 2. The van der Waals surface area contributed by atoms with Gasteiger partial charge in [-0.1, -0.05) is 316 Å². The quantitative estimate of drug-likeness (QED) is 0.0373. The van der Waals surface area contributed by atoms with Crippen molar-refractivity contribution in [2.24, 2.45) is 0 Å². The number of unbranched alkanes of at least 4 members (excludes halogenated alkanes) is 35. The summed E-state index contributed by atoms with van der Waals surface area (Å²) in [6, 6.07) is 0. The monoisotopic (exact) mass is 1080 g/mol. The van der Waals surface area contributed by atoms with Gasteiger partial charge in [0.25, 0.3) is 0 Å². The first kappa shape index (κ1) is 74.6. The number of aliphatic hydroxyl groups excluding tert-OH is 1. The van der Waals surface area contributed by atoms with Gasteiger partial charge in [0, 0.05) is 12.8 Å². The minimum absolute atomic E-state index is 0.0872. The molecule has 0 aromatic carbocycles. The highest BCUT2D eigenvalue weighted by atomic mass is 16.6. The van der Waals surface area contributed by atoms with Crippen LogP contribution in [0.3, 0.4) is 0 Å².